The highest BCUT2D eigenvalue weighted by atomic mass is 32.2. The molecule has 2 N–H and O–H groups in total. The van der Waals surface area contributed by atoms with Gasteiger partial charge in [-0.05, 0) is 56.4 Å². The number of aryl methyl sites for hydroxylation is 1. The quantitative estimate of drug-likeness (QED) is 0.225. The van der Waals surface area contributed by atoms with Crippen molar-refractivity contribution in [2.75, 3.05) is 34.4 Å². The maximum absolute atomic E-state index is 12.9. The van der Waals surface area contributed by atoms with Gasteiger partial charge in [-0.1, -0.05) is 23.8 Å². The number of urea groups is 1. The van der Waals surface area contributed by atoms with Crippen LogP contribution in [-0.4, -0.2) is 63.5 Å². The molecular formula is C24H36N2O8SSi. The third kappa shape index (κ3) is 9.10. The molecule has 36 heavy (non-hydrogen) atoms. The number of benzene rings is 2. The molecule has 10 nitrogen and oxygen atoms in total. The molecule has 0 aliphatic carbocycles. The standard InChI is InChI=1S/C24H36N2O8SSi/c1-17-8-11-19(12-9-17)35(28,29)33-21-14-18(10-13-20(21)30-2)22(34-36(5,6)7)15-25-24(27)26-16-23(31-3)32-4/h8-14,22-23H,15-16H2,1-7H3,(H2,25,26,27). The van der Waals surface area contributed by atoms with E-state index in [-0.39, 0.29) is 29.5 Å². The first-order valence-corrected chi connectivity index (χ1v) is 16.1. The number of methoxy groups -OCH3 is 3. The van der Waals surface area contributed by atoms with Crippen LogP contribution in [-0.2, 0) is 24.0 Å². The molecule has 2 amide bonds. The second-order valence-electron chi connectivity index (χ2n) is 8.97. The number of rotatable bonds is 13. The molecule has 0 saturated heterocycles. The molecule has 1 unspecified atom stereocenters. The van der Waals surface area contributed by atoms with Crippen molar-refractivity contribution in [3.63, 3.8) is 0 Å². The second-order valence-corrected chi connectivity index (χ2v) is 15.0. The average molecular weight is 541 g/mol. The molecule has 1 atom stereocenters. The van der Waals surface area contributed by atoms with Gasteiger partial charge in [0.15, 0.2) is 26.1 Å². The summed E-state index contributed by atoms with van der Waals surface area (Å²) in [7, 11) is -1.79. The summed E-state index contributed by atoms with van der Waals surface area (Å²) < 4.78 is 53.0. The second kappa shape index (κ2) is 13.1. The topological polar surface area (TPSA) is 121 Å². The minimum atomic E-state index is -4.10. The van der Waals surface area contributed by atoms with Gasteiger partial charge in [-0.3, -0.25) is 0 Å². The van der Waals surface area contributed by atoms with E-state index in [0.717, 1.165) is 5.56 Å². The van der Waals surface area contributed by atoms with Crippen molar-refractivity contribution in [2.24, 2.45) is 0 Å². The van der Waals surface area contributed by atoms with E-state index >= 15 is 0 Å². The Morgan fingerprint density at radius 2 is 1.53 bits per heavy atom. The normalized spacial score (nSPS) is 12.8. The van der Waals surface area contributed by atoms with Gasteiger partial charge in [0.1, 0.15) is 4.90 Å². The third-order valence-electron chi connectivity index (χ3n) is 4.97. The summed E-state index contributed by atoms with van der Waals surface area (Å²) in [4.78, 5) is 12.3. The van der Waals surface area contributed by atoms with Crippen molar-refractivity contribution in [1.82, 2.24) is 10.6 Å². The first kappa shape index (κ1) is 29.6. The zero-order valence-corrected chi connectivity index (χ0v) is 23.6. The Kier molecular flexibility index (Phi) is 10.7. The van der Waals surface area contributed by atoms with Gasteiger partial charge >= 0.3 is 16.1 Å². The van der Waals surface area contributed by atoms with E-state index in [0.29, 0.717) is 5.56 Å². The van der Waals surface area contributed by atoms with Gasteiger partial charge < -0.3 is 33.5 Å². The van der Waals surface area contributed by atoms with Crippen LogP contribution in [0.5, 0.6) is 11.5 Å². The maximum Gasteiger partial charge on any atom is 0.339 e. The van der Waals surface area contributed by atoms with E-state index in [2.05, 4.69) is 10.6 Å². The largest absolute Gasteiger partial charge is 0.493 e. The summed E-state index contributed by atoms with van der Waals surface area (Å²) in [5, 5.41) is 5.45. The molecule has 2 aromatic carbocycles. The maximum atomic E-state index is 12.9. The van der Waals surface area contributed by atoms with Gasteiger partial charge in [0.05, 0.1) is 19.8 Å². The smallest absolute Gasteiger partial charge is 0.339 e. The minimum absolute atomic E-state index is 0.0206. The molecule has 0 radical (unpaired) electrons. The lowest BCUT2D eigenvalue weighted by atomic mass is 10.1. The zero-order chi connectivity index (χ0) is 26.9. The summed E-state index contributed by atoms with van der Waals surface area (Å²) in [6, 6.07) is 10.8. The summed E-state index contributed by atoms with van der Waals surface area (Å²) in [5.74, 6) is 0.268. The number of ether oxygens (including phenoxy) is 3. The Balaban J connectivity index is 2.27. The van der Waals surface area contributed by atoms with E-state index in [4.69, 9.17) is 22.8 Å². The molecule has 0 saturated carbocycles. The Morgan fingerprint density at radius 1 is 0.917 bits per heavy atom. The lowest BCUT2D eigenvalue weighted by molar-refractivity contribution is -0.0971. The number of carbonyl (C=O) groups is 1. The van der Waals surface area contributed by atoms with Gasteiger partial charge in [0.2, 0.25) is 0 Å². The molecule has 2 aromatic rings. The predicted octanol–water partition coefficient (Wildman–Crippen LogP) is 3.58. The summed E-state index contributed by atoms with van der Waals surface area (Å²) in [5.41, 5.74) is 1.55. The number of nitrogens with one attached hydrogen (secondary N) is 2. The fraction of sp³-hybridized carbons (Fsp3) is 0.458. The summed E-state index contributed by atoms with van der Waals surface area (Å²) >= 11 is 0. The first-order chi connectivity index (χ1) is 16.9. The van der Waals surface area contributed by atoms with Gasteiger partial charge in [-0.15, -0.1) is 0 Å². The lowest BCUT2D eigenvalue weighted by Gasteiger charge is -2.27. The fourth-order valence-corrected chi connectivity index (χ4v) is 5.18. The Labute approximate surface area is 214 Å². The molecule has 0 aliphatic heterocycles. The van der Waals surface area contributed by atoms with E-state index in [1.54, 1.807) is 30.3 Å². The van der Waals surface area contributed by atoms with Gasteiger partial charge in [-0.25, -0.2) is 4.79 Å². The molecule has 2 rings (SSSR count). The molecule has 0 spiro atoms. The Hall–Kier alpha value is -2.64. The van der Waals surface area contributed by atoms with Crippen molar-refractivity contribution < 1.29 is 36.0 Å². The van der Waals surface area contributed by atoms with E-state index in [1.807, 2.05) is 26.6 Å². The number of hydrogen-bond donors (Lipinski definition) is 2. The lowest BCUT2D eigenvalue weighted by Crippen LogP contribution is -2.43. The molecule has 0 aromatic heterocycles. The number of hydrogen-bond acceptors (Lipinski definition) is 8. The highest BCUT2D eigenvalue weighted by Gasteiger charge is 2.26. The molecular weight excluding hydrogens is 504 g/mol. The van der Waals surface area contributed by atoms with Crippen LogP contribution in [0.15, 0.2) is 47.4 Å². The Bertz CT molecular complexity index is 1100. The average Bonchev–Trinajstić information content (AvgIpc) is 2.81. The molecule has 0 heterocycles. The summed E-state index contributed by atoms with van der Waals surface area (Å²) in [6.45, 7) is 8.22. The van der Waals surface area contributed by atoms with Crippen molar-refractivity contribution in [3.05, 3.63) is 53.6 Å². The minimum Gasteiger partial charge on any atom is -0.493 e. The van der Waals surface area contributed by atoms with E-state index < -0.39 is 36.9 Å². The molecule has 0 bridgehead atoms. The van der Waals surface area contributed by atoms with Crippen LogP contribution < -0.4 is 19.6 Å². The third-order valence-corrected chi connectivity index (χ3v) is 7.21. The molecule has 12 heteroatoms. The van der Waals surface area contributed by atoms with Crippen LogP contribution in [0.1, 0.15) is 17.2 Å². The van der Waals surface area contributed by atoms with Crippen LogP contribution in [0.25, 0.3) is 0 Å². The van der Waals surface area contributed by atoms with Crippen molar-refractivity contribution >= 4 is 24.5 Å². The highest BCUT2D eigenvalue weighted by molar-refractivity contribution is 7.87. The van der Waals surface area contributed by atoms with Crippen LogP contribution >= 0.6 is 0 Å². The molecule has 0 aliphatic rings. The summed E-state index contributed by atoms with van der Waals surface area (Å²) in [6.07, 6.45) is -1.13. The van der Waals surface area contributed by atoms with Crippen molar-refractivity contribution in [1.29, 1.82) is 0 Å². The fourth-order valence-electron chi connectivity index (χ4n) is 3.17. The SMILES string of the molecule is COc1ccc(C(CNC(=O)NCC(OC)OC)O[Si](C)(C)C)cc1OS(=O)(=O)c1ccc(C)cc1. The zero-order valence-electron chi connectivity index (χ0n) is 21.8. The van der Waals surface area contributed by atoms with Crippen LogP contribution in [0.4, 0.5) is 4.79 Å². The van der Waals surface area contributed by atoms with Crippen LogP contribution in [0, 0.1) is 6.92 Å². The van der Waals surface area contributed by atoms with Gasteiger partial charge in [-0.2, -0.15) is 8.42 Å². The monoisotopic (exact) mass is 540 g/mol. The Morgan fingerprint density at radius 3 is 2.08 bits per heavy atom. The number of amides is 2. The van der Waals surface area contributed by atoms with Gasteiger partial charge in [0.25, 0.3) is 0 Å². The van der Waals surface area contributed by atoms with Crippen LogP contribution in [0.2, 0.25) is 19.6 Å². The molecule has 200 valence electrons. The first-order valence-electron chi connectivity index (χ1n) is 11.3. The highest BCUT2D eigenvalue weighted by Crippen LogP contribution is 2.34. The van der Waals surface area contributed by atoms with Gasteiger partial charge in [0, 0.05) is 20.8 Å². The predicted molar refractivity (Wildman–Crippen MR) is 138 cm³/mol. The van der Waals surface area contributed by atoms with Crippen LogP contribution in [0.3, 0.4) is 0 Å². The van der Waals surface area contributed by atoms with Crippen molar-refractivity contribution in [2.45, 2.75) is 43.9 Å². The number of carbonyl (C=O) groups excluding carboxylic acids is 1. The van der Waals surface area contributed by atoms with E-state index in [9.17, 15) is 13.2 Å². The van der Waals surface area contributed by atoms with E-state index in [1.165, 1.54) is 33.5 Å². The van der Waals surface area contributed by atoms with Crippen molar-refractivity contribution in [3.8, 4) is 11.5 Å². The molecule has 0 fully saturated rings.